The molecular weight excluding hydrogens is 384 g/mol. The molecule has 0 saturated carbocycles. The molecule has 126 valence electrons. The summed E-state index contributed by atoms with van der Waals surface area (Å²) >= 11 is 3.51. The minimum atomic E-state index is -0.955. The van der Waals surface area contributed by atoms with Crippen LogP contribution >= 0.6 is 15.9 Å². The number of carboxylic acid groups (broad SMARTS) is 1. The Morgan fingerprint density at radius 2 is 1.84 bits per heavy atom. The lowest BCUT2D eigenvalue weighted by Gasteiger charge is -2.10. The van der Waals surface area contributed by atoms with Gasteiger partial charge >= 0.3 is 5.97 Å². The number of carbonyl (C=O) groups is 1. The molecule has 0 amide bonds. The van der Waals surface area contributed by atoms with Crippen molar-refractivity contribution in [2.75, 3.05) is 10.6 Å². The van der Waals surface area contributed by atoms with Gasteiger partial charge in [-0.1, -0.05) is 6.07 Å². The molecule has 0 fully saturated rings. The summed E-state index contributed by atoms with van der Waals surface area (Å²) in [4.78, 5) is 19.5. The number of aryl methyl sites for hydroxylation is 1. The molecule has 25 heavy (non-hydrogen) atoms. The molecule has 0 radical (unpaired) electrons. The molecule has 1 heterocycles. The lowest BCUT2D eigenvalue weighted by atomic mass is 10.2. The van der Waals surface area contributed by atoms with E-state index in [1.54, 1.807) is 24.4 Å². The molecule has 0 aliphatic heterocycles. The second kappa shape index (κ2) is 7.31. The smallest absolute Gasteiger partial charge is 0.335 e. The van der Waals surface area contributed by atoms with E-state index in [4.69, 9.17) is 5.11 Å². The average molecular weight is 399 g/mol. The third kappa shape index (κ3) is 4.33. The largest absolute Gasteiger partial charge is 0.478 e. The van der Waals surface area contributed by atoms with Crippen LogP contribution in [0.4, 0.5) is 23.1 Å². The van der Waals surface area contributed by atoms with Crippen LogP contribution in [0.1, 0.15) is 15.9 Å². The summed E-state index contributed by atoms with van der Waals surface area (Å²) in [7, 11) is 0. The van der Waals surface area contributed by atoms with Gasteiger partial charge in [0, 0.05) is 16.4 Å². The highest BCUT2D eigenvalue weighted by Crippen LogP contribution is 2.26. The molecule has 1 aromatic heterocycles. The molecule has 6 nitrogen and oxygen atoms in total. The van der Waals surface area contributed by atoms with Crippen LogP contribution in [0.5, 0.6) is 0 Å². The molecular formula is C18H15BrN4O2. The van der Waals surface area contributed by atoms with Crippen molar-refractivity contribution < 1.29 is 9.90 Å². The van der Waals surface area contributed by atoms with Crippen LogP contribution in [0.15, 0.2) is 59.2 Å². The van der Waals surface area contributed by atoms with Gasteiger partial charge in [-0.05, 0) is 70.9 Å². The number of aromatic nitrogens is 2. The number of rotatable bonds is 5. The third-order valence-electron chi connectivity index (χ3n) is 3.43. The maximum atomic E-state index is 10.9. The number of halogens is 1. The number of carboxylic acids is 1. The Kier molecular flexibility index (Phi) is 4.95. The Morgan fingerprint density at radius 1 is 1.08 bits per heavy atom. The normalized spacial score (nSPS) is 10.3. The Hall–Kier alpha value is -2.93. The van der Waals surface area contributed by atoms with Crippen LogP contribution in [-0.2, 0) is 0 Å². The van der Waals surface area contributed by atoms with Crippen molar-refractivity contribution in [2.45, 2.75) is 6.92 Å². The van der Waals surface area contributed by atoms with Gasteiger partial charge in [0.05, 0.1) is 11.3 Å². The highest BCUT2D eigenvalue weighted by molar-refractivity contribution is 9.10. The molecule has 0 aliphatic rings. The Balaban J connectivity index is 1.76. The summed E-state index contributed by atoms with van der Waals surface area (Å²) in [6.07, 6.45) is 1.64. The standard InChI is InChI=1S/C18H15BrN4O2/c1-11-2-7-15(14(19)10-11)22-18-20-9-8-16(23-18)21-13-5-3-12(4-6-13)17(24)25/h2-10H,1H3,(H,24,25)(H2,20,21,22,23). The predicted molar refractivity (Wildman–Crippen MR) is 101 cm³/mol. The quantitative estimate of drug-likeness (QED) is 0.575. The number of aromatic carboxylic acids is 1. The third-order valence-corrected chi connectivity index (χ3v) is 4.09. The lowest BCUT2D eigenvalue weighted by Crippen LogP contribution is -2.01. The van der Waals surface area contributed by atoms with Crippen molar-refractivity contribution in [3.63, 3.8) is 0 Å². The maximum absolute atomic E-state index is 10.9. The van der Waals surface area contributed by atoms with Crippen molar-refractivity contribution >= 4 is 45.0 Å². The summed E-state index contributed by atoms with van der Waals surface area (Å²) in [5.41, 5.74) is 3.00. The van der Waals surface area contributed by atoms with Crippen LogP contribution in [-0.4, -0.2) is 21.0 Å². The first kappa shape index (κ1) is 16.9. The zero-order valence-electron chi connectivity index (χ0n) is 13.3. The van der Waals surface area contributed by atoms with Crippen LogP contribution in [0, 0.1) is 6.92 Å². The molecule has 7 heteroatoms. The van der Waals surface area contributed by atoms with E-state index >= 15 is 0 Å². The number of nitrogens with one attached hydrogen (secondary N) is 2. The van der Waals surface area contributed by atoms with Gasteiger partial charge in [-0.25, -0.2) is 9.78 Å². The maximum Gasteiger partial charge on any atom is 0.335 e. The van der Waals surface area contributed by atoms with E-state index in [1.807, 2.05) is 25.1 Å². The number of benzene rings is 2. The summed E-state index contributed by atoms with van der Waals surface area (Å²) < 4.78 is 0.929. The van der Waals surface area contributed by atoms with E-state index in [9.17, 15) is 4.79 Å². The Labute approximate surface area is 153 Å². The molecule has 0 aliphatic carbocycles. The minimum absolute atomic E-state index is 0.236. The van der Waals surface area contributed by atoms with Crippen LogP contribution < -0.4 is 10.6 Å². The van der Waals surface area contributed by atoms with Gasteiger partial charge in [0.15, 0.2) is 0 Å². The molecule has 3 N–H and O–H groups in total. The summed E-state index contributed by atoms with van der Waals surface area (Å²) in [6.45, 7) is 2.02. The van der Waals surface area contributed by atoms with Gasteiger partial charge < -0.3 is 15.7 Å². The first-order valence-electron chi connectivity index (χ1n) is 7.48. The number of nitrogens with zero attached hydrogens (tertiary/aromatic N) is 2. The predicted octanol–water partition coefficient (Wildman–Crippen LogP) is 4.73. The zero-order chi connectivity index (χ0) is 17.8. The second-order valence-electron chi connectivity index (χ2n) is 5.38. The first-order valence-corrected chi connectivity index (χ1v) is 8.27. The van der Waals surface area contributed by atoms with Crippen molar-refractivity contribution in [3.05, 3.63) is 70.3 Å². The number of hydrogen-bond acceptors (Lipinski definition) is 5. The Bertz CT molecular complexity index is 913. The molecule has 0 unspecified atom stereocenters. The number of anilines is 4. The first-order chi connectivity index (χ1) is 12.0. The van der Waals surface area contributed by atoms with E-state index in [1.165, 1.54) is 12.1 Å². The SMILES string of the molecule is Cc1ccc(Nc2nccc(Nc3ccc(C(=O)O)cc3)n2)c(Br)c1. The van der Waals surface area contributed by atoms with Crippen LogP contribution in [0.3, 0.4) is 0 Å². The fraction of sp³-hybridized carbons (Fsp3) is 0.0556. The zero-order valence-corrected chi connectivity index (χ0v) is 14.9. The topological polar surface area (TPSA) is 87.1 Å². The van der Waals surface area contributed by atoms with Gasteiger partial charge in [-0.2, -0.15) is 4.98 Å². The highest BCUT2D eigenvalue weighted by atomic mass is 79.9. The molecule has 2 aromatic carbocycles. The van der Waals surface area contributed by atoms with Crippen LogP contribution in [0.2, 0.25) is 0 Å². The van der Waals surface area contributed by atoms with E-state index in [0.717, 1.165) is 21.4 Å². The van der Waals surface area contributed by atoms with Crippen LogP contribution in [0.25, 0.3) is 0 Å². The van der Waals surface area contributed by atoms with Crippen molar-refractivity contribution in [3.8, 4) is 0 Å². The van der Waals surface area contributed by atoms with Gasteiger partial charge in [-0.15, -0.1) is 0 Å². The van der Waals surface area contributed by atoms with Gasteiger partial charge in [0.1, 0.15) is 5.82 Å². The highest BCUT2D eigenvalue weighted by Gasteiger charge is 2.05. The molecule has 3 aromatic rings. The van der Waals surface area contributed by atoms with Crippen molar-refractivity contribution in [1.82, 2.24) is 9.97 Å². The molecule has 0 saturated heterocycles. The lowest BCUT2D eigenvalue weighted by molar-refractivity contribution is 0.0697. The fourth-order valence-electron chi connectivity index (χ4n) is 2.17. The monoisotopic (exact) mass is 398 g/mol. The van der Waals surface area contributed by atoms with Crippen molar-refractivity contribution in [1.29, 1.82) is 0 Å². The van der Waals surface area contributed by atoms with Gasteiger partial charge in [0.25, 0.3) is 0 Å². The molecule has 0 spiro atoms. The Morgan fingerprint density at radius 3 is 2.52 bits per heavy atom. The van der Waals surface area contributed by atoms with Crippen molar-refractivity contribution in [2.24, 2.45) is 0 Å². The van der Waals surface area contributed by atoms with E-state index in [0.29, 0.717) is 11.8 Å². The second-order valence-corrected chi connectivity index (χ2v) is 6.24. The summed E-state index contributed by atoms with van der Waals surface area (Å²) in [5.74, 6) is 0.101. The number of hydrogen-bond donors (Lipinski definition) is 3. The average Bonchev–Trinajstić information content (AvgIpc) is 2.58. The van der Waals surface area contributed by atoms with E-state index in [-0.39, 0.29) is 5.56 Å². The minimum Gasteiger partial charge on any atom is -0.478 e. The molecule has 0 atom stereocenters. The fourth-order valence-corrected chi connectivity index (χ4v) is 2.77. The van der Waals surface area contributed by atoms with E-state index < -0.39 is 5.97 Å². The summed E-state index contributed by atoms with van der Waals surface area (Å²) in [6, 6.07) is 14.1. The summed E-state index contributed by atoms with van der Waals surface area (Å²) in [5, 5.41) is 15.2. The molecule has 3 rings (SSSR count). The van der Waals surface area contributed by atoms with E-state index in [2.05, 4.69) is 36.5 Å². The van der Waals surface area contributed by atoms with Gasteiger partial charge in [-0.3, -0.25) is 0 Å². The molecule has 0 bridgehead atoms. The van der Waals surface area contributed by atoms with Gasteiger partial charge in [0.2, 0.25) is 5.95 Å².